The fourth-order valence-electron chi connectivity index (χ4n) is 3.54. The molecule has 5 aromatic rings. The molecule has 1 aromatic carbocycles. The molecule has 36 heavy (non-hydrogen) atoms. The Balaban J connectivity index is 0.000000256. The Kier molecular flexibility index (Phi) is 6.83. The largest absolute Gasteiger partial charge is 0.467 e. The first-order valence-electron chi connectivity index (χ1n) is 10.7. The minimum atomic E-state index is -0.153. The highest BCUT2D eigenvalue weighted by Gasteiger charge is 2.16. The standard InChI is InChI=1S/C19H16N4O3.C5H5N5/c1-3-14-9-12-5-4-6-15(13-10-20-19(25-2)21-11-13)17(12)18(24)23(14)16-7-8-26-22-16;6-1-3-2-9-5(8)10-4(3)7/h4-11H,3H2,1-2H3;2H,(H4,7,8,9,10). The molecule has 0 bridgehead atoms. The van der Waals surface area contributed by atoms with Gasteiger partial charge in [0.2, 0.25) is 5.95 Å². The maximum absolute atomic E-state index is 13.3. The monoisotopic (exact) mass is 483 g/mol. The number of hydrogen-bond acceptors (Lipinski definition) is 11. The predicted molar refractivity (Wildman–Crippen MR) is 132 cm³/mol. The highest BCUT2D eigenvalue weighted by Crippen LogP contribution is 2.27. The van der Waals surface area contributed by atoms with Crippen LogP contribution in [0.1, 0.15) is 18.2 Å². The lowest BCUT2D eigenvalue weighted by Gasteiger charge is -2.13. The number of hydrogen-bond donors (Lipinski definition) is 2. The second kappa shape index (κ2) is 10.3. The van der Waals surface area contributed by atoms with E-state index in [0.717, 1.165) is 22.2 Å². The zero-order chi connectivity index (χ0) is 25.7. The van der Waals surface area contributed by atoms with Crippen LogP contribution >= 0.6 is 0 Å². The van der Waals surface area contributed by atoms with Gasteiger partial charge in [-0.2, -0.15) is 10.2 Å². The Morgan fingerprint density at radius 1 is 1.14 bits per heavy atom. The number of benzene rings is 1. The van der Waals surface area contributed by atoms with Gasteiger partial charge in [-0.3, -0.25) is 9.36 Å². The topological polar surface area (TPSA) is 185 Å². The summed E-state index contributed by atoms with van der Waals surface area (Å²) in [5, 5.41) is 13.7. The molecule has 0 aliphatic heterocycles. The molecule has 0 saturated heterocycles. The Hall–Kier alpha value is -5.31. The van der Waals surface area contributed by atoms with E-state index < -0.39 is 0 Å². The minimum Gasteiger partial charge on any atom is -0.467 e. The second-order valence-electron chi connectivity index (χ2n) is 7.35. The van der Waals surface area contributed by atoms with Crippen LogP contribution in [-0.4, -0.2) is 36.8 Å². The van der Waals surface area contributed by atoms with Crippen molar-refractivity contribution in [3.05, 3.63) is 76.8 Å². The molecule has 4 aromatic heterocycles. The Morgan fingerprint density at radius 3 is 2.53 bits per heavy atom. The van der Waals surface area contributed by atoms with Gasteiger partial charge < -0.3 is 20.7 Å². The zero-order valence-electron chi connectivity index (χ0n) is 19.4. The first kappa shape index (κ1) is 23.8. The van der Waals surface area contributed by atoms with Crippen LogP contribution in [0.4, 0.5) is 11.8 Å². The van der Waals surface area contributed by atoms with Gasteiger partial charge in [-0.1, -0.05) is 30.3 Å². The molecule has 0 atom stereocenters. The number of aryl methyl sites for hydroxylation is 1. The van der Waals surface area contributed by atoms with Gasteiger partial charge in [0.1, 0.15) is 23.7 Å². The van der Waals surface area contributed by atoms with Crippen LogP contribution in [0.2, 0.25) is 0 Å². The van der Waals surface area contributed by atoms with E-state index in [1.165, 1.54) is 19.6 Å². The van der Waals surface area contributed by atoms with Gasteiger partial charge in [-0.15, -0.1) is 0 Å². The van der Waals surface area contributed by atoms with Crippen molar-refractivity contribution < 1.29 is 9.26 Å². The van der Waals surface area contributed by atoms with Gasteiger partial charge in [0.25, 0.3) is 5.56 Å². The number of nitrogens with two attached hydrogens (primary N) is 2. The van der Waals surface area contributed by atoms with Crippen molar-refractivity contribution in [2.24, 2.45) is 0 Å². The number of nitrogen functional groups attached to an aromatic ring is 2. The highest BCUT2D eigenvalue weighted by molar-refractivity contribution is 5.96. The number of rotatable bonds is 4. The molecule has 0 saturated carbocycles. The lowest BCUT2D eigenvalue weighted by atomic mass is 10.0. The molecule has 5 rings (SSSR count). The zero-order valence-corrected chi connectivity index (χ0v) is 19.4. The first-order chi connectivity index (χ1) is 17.5. The Bertz CT molecular complexity index is 1610. The molecule has 0 fully saturated rings. The Morgan fingerprint density at radius 2 is 1.92 bits per heavy atom. The smallest absolute Gasteiger partial charge is 0.316 e. The number of methoxy groups -OCH3 is 1. The lowest BCUT2D eigenvalue weighted by Crippen LogP contribution is -2.22. The van der Waals surface area contributed by atoms with E-state index in [1.807, 2.05) is 37.3 Å². The molecule has 0 spiro atoms. The quantitative estimate of drug-likeness (QED) is 0.382. The van der Waals surface area contributed by atoms with E-state index in [9.17, 15) is 4.79 Å². The van der Waals surface area contributed by atoms with Gasteiger partial charge in [0.15, 0.2) is 5.82 Å². The van der Waals surface area contributed by atoms with Crippen LogP contribution in [0.3, 0.4) is 0 Å². The van der Waals surface area contributed by atoms with Gasteiger partial charge in [-0.05, 0) is 23.4 Å². The van der Waals surface area contributed by atoms with E-state index >= 15 is 0 Å². The molecule has 12 nitrogen and oxygen atoms in total. The fourth-order valence-corrected chi connectivity index (χ4v) is 3.54. The third kappa shape index (κ3) is 4.66. The van der Waals surface area contributed by atoms with Gasteiger partial charge in [0, 0.05) is 29.7 Å². The number of anilines is 2. The van der Waals surface area contributed by atoms with Crippen molar-refractivity contribution in [3.8, 4) is 29.0 Å². The average molecular weight is 483 g/mol. The van der Waals surface area contributed by atoms with Crippen molar-refractivity contribution in [2.45, 2.75) is 13.3 Å². The highest BCUT2D eigenvalue weighted by atomic mass is 16.5. The summed E-state index contributed by atoms with van der Waals surface area (Å²) in [6.45, 7) is 2.00. The molecule has 0 amide bonds. The molecule has 4 N–H and O–H groups in total. The summed E-state index contributed by atoms with van der Waals surface area (Å²) >= 11 is 0. The van der Waals surface area contributed by atoms with Crippen LogP contribution in [0.15, 0.2) is 64.5 Å². The van der Waals surface area contributed by atoms with Crippen LogP contribution < -0.4 is 21.8 Å². The molecule has 12 heteroatoms. The molecular weight excluding hydrogens is 462 g/mol. The van der Waals surface area contributed by atoms with Crippen molar-refractivity contribution in [1.29, 1.82) is 5.26 Å². The fraction of sp³-hybridized carbons (Fsp3) is 0.125. The van der Waals surface area contributed by atoms with E-state index in [0.29, 0.717) is 17.6 Å². The molecule has 0 aliphatic rings. The predicted octanol–water partition coefficient (Wildman–Crippen LogP) is 2.52. The van der Waals surface area contributed by atoms with Crippen molar-refractivity contribution in [1.82, 2.24) is 29.7 Å². The van der Waals surface area contributed by atoms with Crippen molar-refractivity contribution >= 4 is 22.5 Å². The lowest BCUT2D eigenvalue weighted by molar-refractivity contribution is 0.380. The SMILES string of the molecule is CCc1cc2cccc(-c3cnc(OC)nc3)c2c(=O)n1-c1ccon1.N#Cc1cnc(N)nc1N. The molecule has 0 aliphatic carbocycles. The summed E-state index contributed by atoms with van der Waals surface area (Å²) in [7, 11) is 1.51. The third-order valence-corrected chi connectivity index (χ3v) is 5.22. The summed E-state index contributed by atoms with van der Waals surface area (Å²) in [6.07, 6.45) is 6.72. The van der Waals surface area contributed by atoms with Crippen LogP contribution in [0.5, 0.6) is 6.01 Å². The van der Waals surface area contributed by atoms with Crippen LogP contribution in [-0.2, 0) is 6.42 Å². The number of nitriles is 1. The summed E-state index contributed by atoms with van der Waals surface area (Å²) < 4.78 is 11.5. The van der Waals surface area contributed by atoms with Crippen molar-refractivity contribution in [2.75, 3.05) is 18.6 Å². The second-order valence-corrected chi connectivity index (χ2v) is 7.35. The van der Waals surface area contributed by atoms with Gasteiger partial charge in [0.05, 0.1) is 18.7 Å². The van der Waals surface area contributed by atoms with Crippen LogP contribution in [0, 0.1) is 11.3 Å². The molecule has 0 radical (unpaired) electrons. The minimum absolute atomic E-state index is 0.0801. The van der Waals surface area contributed by atoms with E-state index in [2.05, 4.69) is 25.1 Å². The first-order valence-corrected chi connectivity index (χ1v) is 10.7. The third-order valence-electron chi connectivity index (χ3n) is 5.22. The maximum Gasteiger partial charge on any atom is 0.316 e. The maximum atomic E-state index is 13.3. The summed E-state index contributed by atoms with van der Waals surface area (Å²) in [5.74, 6) is 0.668. The number of aromatic nitrogens is 6. The Labute approximate surface area is 204 Å². The summed E-state index contributed by atoms with van der Waals surface area (Å²) in [5.41, 5.74) is 12.9. The normalized spacial score (nSPS) is 10.4. The van der Waals surface area contributed by atoms with E-state index in [4.69, 9.17) is 26.0 Å². The average Bonchev–Trinajstić information content (AvgIpc) is 3.43. The van der Waals surface area contributed by atoms with Crippen LogP contribution in [0.25, 0.3) is 27.7 Å². The van der Waals surface area contributed by atoms with Gasteiger partial charge in [-0.25, -0.2) is 15.0 Å². The van der Waals surface area contributed by atoms with E-state index in [-0.39, 0.29) is 28.9 Å². The number of ether oxygens (including phenoxy) is 1. The molecule has 4 heterocycles. The van der Waals surface area contributed by atoms with Crippen molar-refractivity contribution in [3.63, 3.8) is 0 Å². The molecule has 180 valence electrons. The molecule has 0 unspecified atom stereocenters. The number of pyridine rings is 1. The summed E-state index contributed by atoms with van der Waals surface area (Å²) in [4.78, 5) is 28.8. The molecular formula is C24H21N9O3. The number of nitrogens with zero attached hydrogens (tertiary/aromatic N) is 7. The number of fused-ring (bicyclic) bond motifs is 1. The summed E-state index contributed by atoms with van der Waals surface area (Å²) in [6, 6.07) is 11.5. The van der Waals surface area contributed by atoms with Gasteiger partial charge >= 0.3 is 6.01 Å². The van der Waals surface area contributed by atoms with E-state index in [1.54, 1.807) is 23.0 Å².